The number of carbonyl (C=O) groups is 1. The Kier molecular flexibility index (Phi) is 41.6. The van der Waals surface area contributed by atoms with Gasteiger partial charge in [0.25, 0.3) is 0 Å². The Morgan fingerprint density at radius 2 is 0.812 bits per heavy atom. The van der Waals surface area contributed by atoms with Crippen molar-refractivity contribution in [2.75, 3.05) is 6.61 Å². The number of unbranched alkanes of at least 4 members (excludes halogenated alkanes) is 32. The number of allylic oxidation sites excluding steroid dienone is 1. The molecular formula is C45H88O3. The zero-order chi connectivity index (χ0) is 34.9. The minimum Gasteiger partial charge on any atom is -0.466 e. The average molecular weight is 677 g/mol. The van der Waals surface area contributed by atoms with Crippen LogP contribution in [-0.4, -0.2) is 23.8 Å². The Labute approximate surface area is 302 Å². The normalized spacial score (nSPS) is 12.3. The Morgan fingerprint density at radius 1 is 0.458 bits per heavy atom. The second-order valence-electron chi connectivity index (χ2n) is 15.2. The molecule has 0 heterocycles. The molecule has 0 unspecified atom stereocenters. The number of hydrogen-bond donors (Lipinski definition) is 1. The highest BCUT2D eigenvalue weighted by Gasteiger charge is 2.03. The summed E-state index contributed by atoms with van der Waals surface area (Å²) in [6.07, 6.45) is 53.4. The second-order valence-corrected chi connectivity index (χ2v) is 15.2. The first-order valence-electron chi connectivity index (χ1n) is 22.2. The van der Waals surface area contributed by atoms with Crippen LogP contribution in [0.5, 0.6) is 0 Å². The molecule has 0 rings (SSSR count). The van der Waals surface area contributed by atoms with Crippen molar-refractivity contribution in [2.24, 2.45) is 0 Å². The fourth-order valence-electron chi connectivity index (χ4n) is 6.86. The van der Waals surface area contributed by atoms with E-state index < -0.39 is 0 Å². The van der Waals surface area contributed by atoms with Gasteiger partial charge in [-0.1, -0.05) is 225 Å². The van der Waals surface area contributed by atoms with Crippen LogP contribution in [0.3, 0.4) is 0 Å². The maximum atomic E-state index is 12.0. The number of hydrogen-bond acceptors (Lipinski definition) is 3. The predicted octanol–water partition coefficient (Wildman–Crippen LogP) is 15.3. The van der Waals surface area contributed by atoms with Crippen LogP contribution < -0.4 is 0 Å². The summed E-state index contributed by atoms with van der Waals surface area (Å²) in [7, 11) is 0. The largest absolute Gasteiger partial charge is 0.466 e. The summed E-state index contributed by atoms with van der Waals surface area (Å²) in [5.74, 6) is 0.00617. The highest BCUT2D eigenvalue weighted by molar-refractivity contribution is 5.69. The molecule has 0 aromatic rings. The third-order valence-corrected chi connectivity index (χ3v) is 10.2. The van der Waals surface area contributed by atoms with Crippen molar-refractivity contribution in [3.8, 4) is 0 Å². The molecule has 3 nitrogen and oxygen atoms in total. The molecule has 0 fully saturated rings. The summed E-state index contributed by atoms with van der Waals surface area (Å²) in [5.41, 5.74) is 0. The standard InChI is InChI=1S/C45H88O3/c1-3-5-7-9-10-11-12-13-14-15-16-17-18-19-20-21-22-23-24-25-28-31-34-38-42-45(47)48-43-39-35-32-29-26-27-30-33-37-41-44(46)40-36-8-6-4-2/h33,37,44,46H,3-32,34-36,38-43H2,1-2H3/b37-33-/t44-/m1/s1. The summed E-state index contributed by atoms with van der Waals surface area (Å²) in [6, 6.07) is 0. The Bertz CT molecular complexity index is 630. The summed E-state index contributed by atoms with van der Waals surface area (Å²) < 4.78 is 5.45. The topological polar surface area (TPSA) is 46.5 Å². The third kappa shape index (κ3) is 41.3. The van der Waals surface area contributed by atoms with E-state index in [-0.39, 0.29) is 12.1 Å². The number of carbonyl (C=O) groups excluding carboxylic acids is 1. The van der Waals surface area contributed by atoms with Crippen LogP contribution in [0.1, 0.15) is 258 Å². The van der Waals surface area contributed by atoms with E-state index in [0.29, 0.717) is 13.0 Å². The van der Waals surface area contributed by atoms with Gasteiger partial charge in [0.2, 0.25) is 0 Å². The molecule has 0 aliphatic carbocycles. The molecule has 0 aliphatic heterocycles. The molecule has 0 spiro atoms. The zero-order valence-electron chi connectivity index (χ0n) is 33.1. The smallest absolute Gasteiger partial charge is 0.305 e. The van der Waals surface area contributed by atoms with Gasteiger partial charge in [-0.3, -0.25) is 4.79 Å². The highest BCUT2D eigenvalue weighted by atomic mass is 16.5. The SMILES string of the molecule is CCCCCCCCCCCCCCCCCCCCCCCCCCC(=O)OCCCCCCCC/C=C\C[C@H](O)CCCCCC. The first-order valence-corrected chi connectivity index (χ1v) is 22.2. The van der Waals surface area contributed by atoms with Crippen LogP contribution in [0.15, 0.2) is 12.2 Å². The minimum atomic E-state index is -0.157. The fourth-order valence-corrected chi connectivity index (χ4v) is 6.86. The van der Waals surface area contributed by atoms with Crippen LogP contribution in [-0.2, 0) is 9.53 Å². The van der Waals surface area contributed by atoms with Gasteiger partial charge in [0.05, 0.1) is 12.7 Å². The quantitative estimate of drug-likeness (QED) is 0.0398. The van der Waals surface area contributed by atoms with Crippen LogP contribution in [0, 0.1) is 0 Å². The zero-order valence-corrected chi connectivity index (χ0v) is 33.1. The van der Waals surface area contributed by atoms with E-state index in [1.54, 1.807) is 0 Å². The summed E-state index contributed by atoms with van der Waals surface area (Å²) in [5, 5.41) is 10.0. The molecule has 1 atom stereocenters. The Morgan fingerprint density at radius 3 is 1.25 bits per heavy atom. The molecule has 0 saturated heterocycles. The molecule has 3 heteroatoms. The van der Waals surface area contributed by atoms with E-state index in [0.717, 1.165) is 44.9 Å². The Hall–Kier alpha value is -0.830. The van der Waals surface area contributed by atoms with Crippen LogP contribution in [0.2, 0.25) is 0 Å². The van der Waals surface area contributed by atoms with Crippen molar-refractivity contribution in [1.82, 2.24) is 0 Å². The van der Waals surface area contributed by atoms with E-state index in [1.807, 2.05) is 0 Å². The number of esters is 1. The highest BCUT2D eigenvalue weighted by Crippen LogP contribution is 2.16. The predicted molar refractivity (Wildman–Crippen MR) is 213 cm³/mol. The van der Waals surface area contributed by atoms with Gasteiger partial charge in [0.1, 0.15) is 0 Å². The Balaban J connectivity index is 3.21. The van der Waals surface area contributed by atoms with E-state index in [9.17, 15) is 9.90 Å². The molecule has 0 amide bonds. The number of ether oxygens (including phenoxy) is 1. The molecule has 48 heavy (non-hydrogen) atoms. The van der Waals surface area contributed by atoms with Crippen molar-refractivity contribution in [3.63, 3.8) is 0 Å². The number of aliphatic hydroxyl groups excluding tert-OH is 1. The first-order chi connectivity index (χ1) is 23.7. The van der Waals surface area contributed by atoms with E-state index in [2.05, 4.69) is 26.0 Å². The first kappa shape index (κ1) is 47.2. The lowest BCUT2D eigenvalue weighted by atomic mass is 10.0. The number of aliphatic hydroxyl groups is 1. The van der Waals surface area contributed by atoms with Crippen LogP contribution >= 0.6 is 0 Å². The van der Waals surface area contributed by atoms with Gasteiger partial charge in [-0.2, -0.15) is 0 Å². The molecule has 0 radical (unpaired) electrons. The van der Waals surface area contributed by atoms with Gasteiger partial charge in [0.15, 0.2) is 0 Å². The van der Waals surface area contributed by atoms with E-state index in [1.165, 1.54) is 193 Å². The molecular weight excluding hydrogens is 588 g/mol. The van der Waals surface area contributed by atoms with E-state index in [4.69, 9.17) is 4.74 Å². The van der Waals surface area contributed by atoms with Crippen LogP contribution in [0.4, 0.5) is 0 Å². The van der Waals surface area contributed by atoms with Gasteiger partial charge < -0.3 is 9.84 Å². The molecule has 0 aliphatic rings. The van der Waals surface area contributed by atoms with Crippen molar-refractivity contribution in [3.05, 3.63) is 12.2 Å². The summed E-state index contributed by atoms with van der Waals surface area (Å²) >= 11 is 0. The van der Waals surface area contributed by atoms with E-state index >= 15 is 0 Å². The van der Waals surface area contributed by atoms with Gasteiger partial charge in [-0.05, 0) is 38.5 Å². The van der Waals surface area contributed by atoms with Gasteiger partial charge in [0, 0.05) is 6.42 Å². The summed E-state index contributed by atoms with van der Waals surface area (Å²) in [6.45, 7) is 5.12. The van der Waals surface area contributed by atoms with Crippen molar-refractivity contribution in [2.45, 2.75) is 264 Å². The van der Waals surface area contributed by atoms with Gasteiger partial charge in [-0.15, -0.1) is 0 Å². The van der Waals surface area contributed by atoms with Crippen molar-refractivity contribution < 1.29 is 14.6 Å². The average Bonchev–Trinajstić information content (AvgIpc) is 3.09. The fraction of sp³-hybridized carbons (Fsp3) is 0.933. The lowest BCUT2D eigenvalue weighted by molar-refractivity contribution is -0.143. The molecule has 0 saturated carbocycles. The van der Waals surface area contributed by atoms with Crippen molar-refractivity contribution >= 4 is 5.97 Å². The summed E-state index contributed by atoms with van der Waals surface area (Å²) in [4.78, 5) is 12.0. The van der Waals surface area contributed by atoms with Crippen molar-refractivity contribution in [1.29, 1.82) is 0 Å². The van der Waals surface area contributed by atoms with Gasteiger partial charge in [-0.25, -0.2) is 0 Å². The molecule has 1 N–H and O–H groups in total. The molecule has 286 valence electrons. The van der Waals surface area contributed by atoms with Gasteiger partial charge >= 0.3 is 5.97 Å². The lowest BCUT2D eigenvalue weighted by Gasteiger charge is -2.07. The number of rotatable bonds is 41. The lowest BCUT2D eigenvalue weighted by Crippen LogP contribution is -2.05. The van der Waals surface area contributed by atoms with Crippen LogP contribution in [0.25, 0.3) is 0 Å². The monoisotopic (exact) mass is 677 g/mol. The second kappa shape index (κ2) is 42.3. The molecule has 0 aromatic heterocycles. The molecule has 0 bridgehead atoms. The third-order valence-electron chi connectivity index (χ3n) is 10.2. The molecule has 0 aromatic carbocycles. The maximum absolute atomic E-state index is 12.0. The minimum absolute atomic E-state index is 0.00617. The maximum Gasteiger partial charge on any atom is 0.305 e.